The van der Waals surface area contributed by atoms with E-state index in [1.54, 1.807) is 6.92 Å². The summed E-state index contributed by atoms with van der Waals surface area (Å²) < 4.78 is 16.3. The molecule has 0 aliphatic carbocycles. The van der Waals surface area contributed by atoms with Crippen LogP contribution in [0.15, 0.2) is 24.3 Å². The molecule has 0 spiro atoms. The Morgan fingerprint density at radius 2 is 2.00 bits per heavy atom. The lowest BCUT2D eigenvalue weighted by molar-refractivity contribution is 0.104. The number of hydrogen-bond donors (Lipinski definition) is 0. The van der Waals surface area contributed by atoms with E-state index in [1.807, 2.05) is 0 Å². The van der Waals surface area contributed by atoms with Crippen LogP contribution in [-0.4, -0.2) is 15.4 Å². The molecule has 0 amide bonds. The van der Waals surface area contributed by atoms with Gasteiger partial charge in [0.1, 0.15) is 10.7 Å². The molecule has 0 unspecified atom stereocenters. The number of rotatable bonds is 2. The van der Waals surface area contributed by atoms with Gasteiger partial charge >= 0.3 is 0 Å². The molecular weight excluding hydrogens is 215 g/mol. The fraction of sp³-hybridized carbons (Fsp3) is 0.100. The first-order valence-electron chi connectivity index (χ1n) is 4.27. The molecule has 1 heterocycles. The Morgan fingerprint density at radius 3 is 2.53 bits per heavy atom. The number of carbonyl (C=O) groups is 1. The zero-order valence-corrected chi connectivity index (χ0v) is 8.71. The van der Waals surface area contributed by atoms with Gasteiger partial charge in [0.05, 0.1) is 5.69 Å². The zero-order valence-electron chi connectivity index (χ0n) is 7.90. The Morgan fingerprint density at radius 1 is 1.33 bits per heavy atom. The highest BCUT2D eigenvalue weighted by Gasteiger charge is 2.14. The van der Waals surface area contributed by atoms with E-state index in [0.29, 0.717) is 16.1 Å². The van der Waals surface area contributed by atoms with Crippen molar-refractivity contribution in [3.8, 4) is 0 Å². The molecule has 0 radical (unpaired) electrons. The van der Waals surface area contributed by atoms with Crippen LogP contribution in [0.2, 0.25) is 0 Å². The van der Waals surface area contributed by atoms with Gasteiger partial charge in [-0.05, 0) is 42.7 Å². The molecule has 0 N–H and O–H groups in total. The summed E-state index contributed by atoms with van der Waals surface area (Å²) >= 11 is 1.05. The number of aryl methyl sites for hydroxylation is 1. The van der Waals surface area contributed by atoms with Gasteiger partial charge in [0, 0.05) is 5.56 Å². The SMILES string of the molecule is Cc1nnsc1C(=O)c1ccc(F)cc1. The van der Waals surface area contributed by atoms with Crippen molar-refractivity contribution in [2.45, 2.75) is 6.92 Å². The van der Waals surface area contributed by atoms with Crippen LogP contribution in [0.4, 0.5) is 4.39 Å². The fourth-order valence-corrected chi connectivity index (χ4v) is 1.79. The molecule has 0 fully saturated rings. The molecule has 0 atom stereocenters. The fourth-order valence-electron chi connectivity index (χ4n) is 1.17. The largest absolute Gasteiger partial charge is 0.288 e. The van der Waals surface area contributed by atoms with Crippen molar-refractivity contribution < 1.29 is 9.18 Å². The van der Waals surface area contributed by atoms with E-state index < -0.39 is 0 Å². The molecule has 15 heavy (non-hydrogen) atoms. The normalized spacial score (nSPS) is 10.3. The number of nitrogens with zero attached hydrogens (tertiary/aromatic N) is 2. The smallest absolute Gasteiger partial charge is 0.206 e. The molecule has 0 saturated carbocycles. The van der Waals surface area contributed by atoms with Crippen molar-refractivity contribution in [1.29, 1.82) is 0 Å². The summed E-state index contributed by atoms with van der Waals surface area (Å²) in [7, 11) is 0. The summed E-state index contributed by atoms with van der Waals surface area (Å²) in [4.78, 5) is 12.3. The highest BCUT2D eigenvalue weighted by Crippen LogP contribution is 2.15. The minimum absolute atomic E-state index is 0.164. The van der Waals surface area contributed by atoms with Gasteiger partial charge in [-0.1, -0.05) is 4.49 Å². The minimum atomic E-state index is -0.356. The van der Waals surface area contributed by atoms with Crippen LogP contribution >= 0.6 is 11.5 Å². The standard InChI is InChI=1S/C10H7FN2OS/c1-6-10(15-13-12-6)9(14)7-2-4-8(11)5-3-7/h2-5H,1H3. The first kappa shape index (κ1) is 9.92. The maximum absolute atomic E-state index is 12.6. The second kappa shape index (κ2) is 3.86. The summed E-state index contributed by atoms with van der Waals surface area (Å²) in [6.45, 7) is 1.72. The summed E-state index contributed by atoms with van der Waals surface area (Å²) in [5.74, 6) is -0.520. The quantitative estimate of drug-likeness (QED) is 0.732. The van der Waals surface area contributed by atoms with Crippen molar-refractivity contribution in [2.24, 2.45) is 0 Å². The first-order valence-corrected chi connectivity index (χ1v) is 5.05. The number of carbonyl (C=O) groups excluding carboxylic acids is 1. The zero-order chi connectivity index (χ0) is 10.8. The van der Waals surface area contributed by atoms with E-state index in [0.717, 1.165) is 11.5 Å². The molecule has 76 valence electrons. The number of halogens is 1. The summed E-state index contributed by atoms with van der Waals surface area (Å²) in [5, 5.41) is 3.75. The monoisotopic (exact) mass is 222 g/mol. The summed E-state index contributed by atoms with van der Waals surface area (Å²) in [5.41, 5.74) is 1.06. The van der Waals surface area contributed by atoms with Crippen LogP contribution in [0.5, 0.6) is 0 Å². The Kier molecular flexibility index (Phi) is 2.55. The third-order valence-corrected chi connectivity index (χ3v) is 2.79. The van der Waals surface area contributed by atoms with E-state index in [4.69, 9.17) is 0 Å². The minimum Gasteiger partial charge on any atom is -0.288 e. The predicted molar refractivity (Wildman–Crippen MR) is 54.5 cm³/mol. The lowest BCUT2D eigenvalue weighted by atomic mass is 10.1. The van der Waals surface area contributed by atoms with Crippen molar-refractivity contribution in [2.75, 3.05) is 0 Å². The van der Waals surface area contributed by atoms with Gasteiger partial charge in [0.15, 0.2) is 0 Å². The van der Waals surface area contributed by atoms with Gasteiger partial charge in [-0.2, -0.15) is 0 Å². The van der Waals surface area contributed by atoms with Gasteiger partial charge in [-0.15, -0.1) is 5.10 Å². The number of ketones is 1. The Labute approximate surface area is 89.7 Å². The van der Waals surface area contributed by atoms with E-state index in [-0.39, 0.29) is 11.6 Å². The van der Waals surface area contributed by atoms with Crippen molar-refractivity contribution in [3.63, 3.8) is 0 Å². The van der Waals surface area contributed by atoms with Gasteiger partial charge in [-0.3, -0.25) is 4.79 Å². The van der Waals surface area contributed by atoms with Crippen LogP contribution < -0.4 is 0 Å². The number of aromatic nitrogens is 2. The highest BCUT2D eigenvalue weighted by atomic mass is 32.1. The van der Waals surface area contributed by atoms with Crippen molar-refractivity contribution >= 4 is 17.3 Å². The maximum atomic E-state index is 12.6. The molecular formula is C10H7FN2OS. The van der Waals surface area contributed by atoms with Gasteiger partial charge in [-0.25, -0.2) is 4.39 Å². The molecule has 2 aromatic rings. The molecule has 0 bridgehead atoms. The molecule has 0 aliphatic heterocycles. The predicted octanol–water partition coefficient (Wildman–Crippen LogP) is 2.22. The Hall–Kier alpha value is -1.62. The summed E-state index contributed by atoms with van der Waals surface area (Å²) in [6.07, 6.45) is 0. The third-order valence-electron chi connectivity index (χ3n) is 1.96. The molecule has 0 saturated heterocycles. The number of benzene rings is 1. The first-order chi connectivity index (χ1) is 7.18. The maximum Gasteiger partial charge on any atom is 0.206 e. The van der Waals surface area contributed by atoms with Crippen molar-refractivity contribution in [1.82, 2.24) is 9.59 Å². The van der Waals surface area contributed by atoms with E-state index >= 15 is 0 Å². The van der Waals surface area contributed by atoms with Gasteiger partial charge in [0.2, 0.25) is 5.78 Å². The average Bonchev–Trinajstić information content (AvgIpc) is 2.65. The van der Waals surface area contributed by atoms with Crippen LogP contribution in [-0.2, 0) is 0 Å². The number of hydrogen-bond acceptors (Lipinski definition) is 4. The van der Waals surface area contributed by atoms with E-state index in [2.05, 4.69) is 9.59 Å². The van der Waals surface area contributed by atoms with Crippen LogP contribution in [0.1, 0.15) is 20.9 Å². The highest BCUT2D eigenvalue weighted by molar-refractivity contribution is 7.08. The molecule has 3 nitrogen and oxygen atoms in total. The van der Waals surface area contributed by atoms with Crippen LogP contribution in [0.25, 0.3) is 0 Å². The van der Waals surface area contributed by atoms with Crippen LogP contribution in [0, 0.1) is 12.7 Å². The third kappa shape index (κ3) is 1.92. The second-order valence-electron chi connectivity index (χ2n) is 3.02. The van der Waals surface area contributed by atoms with E-state index in [1.165, 1.54) is 24.3 Å². The second-order valence-corrected chi connectivity index (χ2v) is 3.78. The molecule has 1 aromatic heterocycles. The Balaban J connectivity index is 2.37. The lowest BCUT2D eigenvalue weighted by Gasteiger charge is -1.97. The van der Waals surface area contributed by atoms with Crippen molar-refractivity contribution in [3.05, 3.63) is 46.2 Å². The van der Waals surface area contributed by atoms with Crippen LogP contribution in [0.3, 0.4) is 0 Å². The average molecular weight is 222 g/mol. The molecule has 1 aromatic carbocycles. The molecule has 0 aliphatic rings. The van der Waals surface area contributed by atoms with Gasteiger partial charge in [0.25, 0.3) is 0 Å². The topological polar surface area (TPSA) is 42.9 Å². The Bertz CT molecular complexity index is 492. The molecule has 2 rings (SSSR count). The summed E-state index contributed by atoms with van der Waals surface area (Å²) in [6, 6.07) is 5.43. The van der Waals surface area contributed by atoms with Gasteiger partial charge < -0.3 is 0 Å². The lowest BCUT2D eigenvalue weighted by Crippen LogP contribution is -2.00. The molecule has 5 heteroatoms. The van der Waals surface area contributed by atoms with E-state index in [9.17, 15) is 9.18 Å².